The van der Waals surface area contributed by atoms with Gasteiger partial charge in [-0.15, -0.1) is 0 Å². The van der Waals surface area contributed by atoms with Crippen LogP contribution in [0.15, 0.2) is 12.2 Å². The van der Waals surface area contributed by atoms with Gasteiger partial charge in [0, 0.05) is 5.57 Å². The smallest absolute Gasteiger partial charge is 0.334 e. The van der Waals surface area contributed by atoms with Crippen LogP contribution in [0.3, 0.4) is 0 Å². The van der Waals surface area contributed by atoms with Crippen molar-refractivity contribution < 1.29 is 33.4 Å². The number of hydrogen-bond donors (Lipinski definition) is 0. The van der Waals surface area contributed by atoms with Gasteiger partial charge < -0.3 is 14.2 Å². The number of ketones is 1. The van der Waals surface area contributed by atoms with E-state index in [1.807, 2.05) is 0 Å². The Balaban J connectivity index is 5.62. The molecule has 7 nitrogen and oxygen atoms in total. The van der Waals surface area contributed by atoms with Gasteiger partial charge in [0.05, 0.1) is 21.3 Å². The first-order chi connectivity index (χ1) is 8.81. The molecule has 106 valence electrons. The number of carbonyl (C=O) groups is 4. The van der Waals surface area contributed by atoms with E-state index in [1.54, 1.807) is 0 Å². The average molecular weight is 272 g/mol. The molecule has 2 unspecified atom stereocenters. The fourth-order valence-electron chi connectivity index (χ4n) is 1.53. The van der Waals surface area contributed by atoms with Crippen LogP contribution in [0.1, 0.15) is 6.92 Å². The summed E-state index contributed by atoms with van der Waals surface area (Å²) in [7, 11) is 3.21. The molecule has 7 heteroatoms. The van der Waals surface area contributed by atoms with E-state index in [2.05, 4.69) is 20.8 Å². The molecule has 0 bridgehead atoms. The van der Waals surface area contributed by atoms with Crippen LogP contribution < -0.4 is 0 Å². The van der Waals surface area contributed by atoms with Gasteiger partial charge >= 0.3 is 17.9 Å². The number of hydrogen-bond acceptors (Lipinski definition) is 7. The average Bonchev–Trinajstić information content (AvgIpc) is 2.40. The van der Waals surface area contributed by atoms with Crippen LogP contribution in [0.25, 0.3) is 0 Å². The van der Waals surface area contributed by atoms with Gasteiger partial charge in [0.1, 0.15) is 17.6 Å². The predicted octanol–water partition coefficient (Wildman–Crippen LogP) is -0.117. The third-order valence-electron chi connectivity index (χ3n) is 2.50. The molecule has 2 atom stereocenters. The maximum absolute atomic E-state index is 11.7. The van der Waals surface area contributed by atoms with Crippen molar-refractivity contribution in [2.75, 3.05) is 21.3 Å². The summed E-state index contributed by atoms with van der Waals surface area (Å²) in [6.45, 7) is 4.48. The highest BCUT2D eigenvalue weighted by atomic mass is 16.5. The molecule has 0 aromatic heterocycles. The summed E-state index contributed by atoms with van der Waals surface area (Å²) in [5, 5.41) is 0. The van der Waals surface area contributed by atoms with Crippen molar-refractivity contribution in [2.45, 2.75) is 6.92 Å². The summed E-state index contributed by atoms with van der Waals surface area (Å²) in [6, 6.07) is 0. The van der Waals surface area contributed by atoms with Crippen molar-refractivity contribution in [3.8, 4) is 0 Å². The highest BCUT2D eigenvalue weighted by Gasteiger charge is 2.43. The lowest BCUT2D eigenvalue weighted by molar-refractivity contribution is -0.160. The van der Waals surface area contributed by atoms with Gasteiger partial charge in [-0.1, -0.05) is 6.58 Å². The molecular formula is C12H16O7. The zero-order valence-corrected chi connectivity index (χ0v) is 11.2. The number of carbonyl (C=O) groups excluding carboxylic acids is 4. The van der Waals surface area contributed by atoms with Crippen LogP contribution in [0.2, 0.25) is 0 Å². The summed E-state index contributed by atoms with van der Waals surface area (Å²) in [6.07, 6.45) is 0. The summed E-state index contributed by atoms with van der Waals surface area (Å²) in [5.74, 6) is -6.42. The van der Waals surface area contributed by atoms with Crippen LogP contribution in [-0.4, -0.2) is 45.0 Å². The molecule has 0 spiro atoms. The fraction of sp³-hybridized carbons (Fsp3) is 0.500. The Kier molecular flexibility index (Phi) is 6.46. The van der Waals surface area contributed by atoms with Crippen molar-refractivity contribution >= 4 is 23.7 Å². The van der Waals surface area contributed by atoms with E-state index in [1.165, 1.54) is 0 Å². The van der Waals surface area contributed by atoms with Crippen molar-refractivity contribution in [3.63, 3.8) is 0 Å². The van der Waals surface area contributed by atoms with E-state index >= 15 is 0 Å². The molecule has 0 saturated heterocycles. The molecule has 0 aliphatic heterocycles. The Bertz CT molecular complexity index is 410. The number of esters is 3. The van der Waals surface area contributed by atoms with E-state index in [0.29, 0.717) is 0 Å². The van der Waals surface area contributed by atoms with Gasteiger partial charge in [-0.05, 0) is 6.92 Å². The van der Waals surface area contributed by atoms with E-state index < -0.39 is 35.5 Å². The molecule has 0 N–H and O–H groups in total. The first-order valence-electron chi connectivity index (χ1n) is 5.25. The van der Waals surface area contributed by atoms with Gasteiger partial charge in [-0.25, -0.2) is 4.79 Å². The second kappa shape index (κ2) is 7.30. The normalized spacial score (nSPS) is 12.8. The number of rotatable bonds is 6. The minimum absolute atomic E-state index is 0.347. The molecule has 0 amide bonds. The summed E-state index contributed by atoms with van der Waals surface area (Å²) < 4.78 is 13.4. The van der Waals surface area contributed by atoms with Crippen molar-refractivity contribution in [1.82, 2.24) is 0 Å². The van der Waals surface area contributed by atoms with Gasteiger partial charge in [0.25, 0.3) is 0 Å². The lowest BCUT2D eigenvalue weighted by atomic mass is 9.83. The number of ether oxygens (including phenoxy) is 3. The van der Waals surface area contributed by atoms with Crippen molar-refractivity contribution in [3.05, 3.63) is 12.2 Å². The van der Waals surface area contributed by atoms with E-state index in [-0.39, 0.29) is 5.57 Å². The minimum Gasteiger partial charge on any atom is -0.469 e. The molecule has 0 fully saturated rings. The number of Topliss-reactive ketones (excluding diaryl/α,β-unsaturated/α-hetero) is 1. The van der Waals surface area contributed by atoms with E-state index in [0.717, 1.165) is 28.3 Å². The highest BCUT2D eigenvalue weighted by molar-refractivity contribution is 6.06. The van der Waals surface area contributed by atoms with E-state index in [4.69, 9.17) is 0 Å². The molecule has 0 aliphatic rings. The Morgan fingerprint density at radius 2 is 1.26 bits per heavy atom. The molecule has 0 aromatic rings. The largest absolute Gasteiger partial charge is 0.469 e. The van der Waals surface area contributed by atoms with Gasteiger partial charge in [0.2, 0.25) is 0 Å². The lowest BCUT2D eigenvalue weighted by Crippen LogP contribution is -2.39. The summed E-state index contributed by atoms with van der Waals surface area (Å²) in [4.78, 5) is 46.2. The maximum atomic E-state index is 11.7. The predicted molar refractivity (Wildman–Crippen MR) is 62.8 cm³/mol. The SMILES string of the molecule is C=C(C(=O)OC)C(C(=O)OC)C(C(C)=O)C(=O)OC. The summed E-state index contributed by atoms with van der Waals surface area (Å²) in [5.41, 5.74) is -0.347. The van der Waals surface area contributed by atoms with Crippen LogP contribution >= 0.6 is 0 Å². The van der Waals surface area contributed by atoms with Gasteiger partial charge in [-0.2, -0.15) is 0 Å². The quantitative estimate of drug-likeness (QED) is 0.288. The third-order valence-corrected chi connectivity index (χ3v) is 2.50. The Morgan fingerprint density at radius 1 is 0.842 bits per heavy atom. The zero-order chi connectivity index (χ0) is 15.2. The first kappa shape index (κ1) is 16.8. The molecule has 0 aliphatic carbocycles. The third kappa shape index (κ3) is 3.90. The lowest BCUT2D eigenvalue weighted by Gasteiger charge is -2.21. The molecule has 19 heavy (non-hydrogen) atoms. The minimum atomic E-state index is -1.50. The molecule has 0 radical (unpaired) electrons. The standard InChI is InChI=1S/C12H16O7/c1-6(10(14)17-3)8(11(15)18-4)9(7(2)13)12(16)19-5/h8-9H,1H2,2-5H3. The van der Waals surface area contributed by atoms with Crippen molar-refractivity contribution in [2.24, 2.45) is 11.8 Å². The van der Waals surface area contributed by atoms with E-state index in [9.17, 15) is 19.2 Å². The molecule has 0 saturated carbocycles. The summed E-state index contributed by atoms with van der Waals surface area (Å²) >= 11 is 0. The fourth-order valence-corrected chi connectivity index (χ4v) is 1.53. The monoisotopic (exact) mass is 272 g/mol. The maximum Gasteiger partial charge on any atom is 0.334 e. The van der Waals surface area contributed by atoms with Crippen LogP contribution in [0, 0.1) is 11.8 Å². The topological polar surface area (TPSA) is 96.0 Å². The number of methoxy groups -OCH3 is 3. The van der Waals surface area contributed by atoms with Crippen LogP contribution in [0.5, 0.6) is 0 Å². The second-order valence-electron chi connectivity index (χ2n) is 3.63. The van der Waals surface area contributed by atoms with Crippen molar-refractivity contribution in [1.29, 1.82) is 0 Å². The Hall–Kier alpha value is -2.18. The zero-order valence-electron chi connectivity index (χ0n) is 11.2. The Morgan fingerprint density at radius 3 is 1.58 bits per heavy atom. The molecule has 0 heterocycles. The first-order valence-corrected chi connectivity index (χ1v) is 5.25. The van der Waals surface area contributed by atoms with Crippen LogP contribution in [0.4, 0.5) is 0 Å². The Labute approximate surface area is 110 Å². The molecular weight excluding hydrogens is 256 g/mol. The highest BCUT2D eigenvalue weighted by Crippen LogP contribution is 2.24. The van der Waals surface area contributed by atoms with Crippen LogP contribution in [-0.2, 0) is 33.4 Å². The van der Waals surface area contributed by atoms with Gasteiger partial charge in [0.15, 0.2) is 0 Å². The molecule has 0 rings (SSSR count). The van der Waals surface area contributed by atoms with Gasteiger partial charge in [-0.3, -0.25) is 14.4 Å². The molecule has 0 aromatic carbocycles. The second-order valence-corrected chi connectivity index (χ2v) is 3.63.